The predicted molar refractivity (Wildman–Crippen MR) is 64.5 cm³/mol. The lowest BCUT2D eigenvalue weighted by Gasteiger charge is -1.99. The largest absolute Gasteiger partial charge is 0.391 e. The Morgan fingerprint density at radius 2 is 2.07 bits per heavy atom. The lowest BCUT2D eigenvalue weighted by atomic mass is 10.1. The van der Waals surface area contributed by atoms with Gasteiger partial charge in [-0.25, -0.2) is 0 Å². The van der Waals surface area contributed by atoms with E-state index in [1.807, 2.05) is 18.2 Å². The minimum Gasteiger partial charge on any atom is -0.391 e. The third-order valence-corrected chi connectivity index (χ3v) is 1.97. The molecule has 0 aliphatic carbocycles. The van der Waals surface area contributed by atoms with Gasteiger partial charge in [0, 0.05) is 6.21 Å². The molecule has 2 nitrogen and oxygen atoms in total. The highest BCUT2D eigenvalue weighted by Gasteiger charge is 1.92. The topological polar surface area (TPSA) is 32.6 Å². The number of rotatable bonds is 5. The van der Waals surface area contributed by atoms with Gasteiger partial charge in [0.05, 0.1) is 12.6 Å². The van der Waals surface area contributed by atoms with Crippen molar-refractivity contribution in [1.29, 1.82) is 0 Å². The third kappa shape index (κ3) is 4.56. The Kier molecular flexibility index (Phi) is 4.78. The summed E-state index contributed by atoms with van der Waals surface area (Å²) >= 11 is 0. The molecule has 0 aliphatic heterocycles. The van der Waals surface area contributed by atoms with Gasteiger partial charge in [0.25, 0.3) is 0 Å². The monoisotopic (exact) mass is 203 g/mol. The summed E-state index contributed by atoms with van der Waals surface area (Å²) in [5.41, 5.74) is 2.31. The Balaban J connectivity index is 2.56. The second kappa shape index (κ2) is 6.14. The van der Waals surface area contributed by atoms with Crippen molar-refractivity contribution >= 4 is 6.21 Å². The Labute approximate surface area is 91.0 Å². The van der Waals surface area contributed by atoms with Crippen LogP contribution in [0.3, 0.4) is 0 Å². The van der Waals surface area contributed by atoms with E-state index < -0.39 is 0 Å². The van der Waals surface area contributed by atoms with Gasteiger partial charge in [0.2, 0.25) is 0 Å². The molecule has 1 unspecified atom stereocenters. The van der Waals surface area contributed by atoms with Gasteiger partial charge in [-0.3, -0.25) is 4.99 Å². The molecule has 0 spiro atoms. The molecule has 0 aliphatic rings. The summed E-state index contributed by atoms with van der Waals surface area (Å²) in [7, 11) is 0. The standard InChI is InChI=1S/C13H17NO/c1-3-4-12-5-7-13(8-6-12)10-14-9-11(2)15/h3,5-8,10-11,15H,1,4,9H2,2H3. The molecule has 1 rings (SSSR count). The highest BCUT2D eigenvalue weighted by Crippen LogP contribution is 2.03. The molecule has 0 amide bonds. The van der Waals surface area contributed by atoms with Crippen molar-refractivity contribution in [3.05, 3.63) is 48.0 Å². The molecule has 0 radical (unpaired) electrons. The first-order valence-electron chi connectivity index (χ1n) is 5.10. The first kappa shape index (κ1) is 11.7. The Bertz CT molecular complexity index is 325. The molecule has 0 saturated heterocycles. The van der Waals surface area contributed by atoms with Gasteiger partial charge in [0.15, 0.2) is 0 Å². The highest BCUT2D eigenvalue weighted by molar-refractivity contribution is 5.79. The average molecular weight is 203 g/mol. The number of allylic oxidation sites excluding steroid dienone is 1. The predicted octanol–water partition coefficient (Wildman–Crippen LogP) is 2.21. The average Bonchev–Trinajstić information content (AvgIpc) is 2.20. The minimum atomic E-state index is -0.374. The second-order valence-electron chi connectivity index (χ2n) is 3.58. The van der Waals surface area contributed by atoms with Crippen LogP contribution in [0.4, 0.5) is 0 Å². The van der Waals surface area contributed by atoms with Gasteiger partial charge in [-0.05, 0) is 24.5 Å². The van der Waals surface area contributed by atoms with Gasteiger partial charge in [0.1, 0.15) is 0 Å². The van der Waals surface area contributed by atoms with Crippen molar-refractivity contribution in [2.45, 2.75) is 19.4 Å². The van der Waals surface area contributed by atoms with Crippen molar-refractivity contribution in [2.75, 3.05) is 6.54 Å². The van der Waals surface area contributed by atoms with Crippen LogP contribution in [0, 0.1) is 0 Å². The lowest BCUT2D eigenvalue weighted by Crippen LogP contribution is -2.03. The normalized spacial score (nSPS) is 12.9. The molecule has 1 aromatic rings. The maximum absolute atomic E-state index is 9.02. The first-order valence-corrected chi connectivity index (χ1v) is 5.10. The molecule has 15 heavy (non-hydrogen) atoms. The van der Waals surface area contributed by atoms with E-state index in [1.54, 1.807) is 13.1 Å². The second-order valence-corrected chi connectivity index (χ2v) is 3.58. The molecular weight excluding hydrogens is 186 g/mol. The smallest absolute Gasteiger partial charge is 0.0707 e. The number of benzene rings is 1. The Morgan fingerprint density at radius 3 is 2.60 bits per heavy atom. The molecule has 1 atom stereocenters. The summed E-state index contributed by atoms with van der Waals surface area (Å²) < 4.78 is 0. The van der Waals surface area contributed by atoms with Crippen LogP contribution in [0.2, 0.25) is 0 Å². The van der Waals surface area contributed by atoms with Crippen molar-refractivity contribution in [3.63, 3.8) is 0 Å². The van der Waals surface area contributed by atoms with E-state index >= 15 is 0 Å². The summed E-state index contributed by atoms with van der Waals surface area (Å²) in [5, 5.41) is 9.02. The van der Waals surface area contributed by atoms with Crippen LogP contribution in [0.1, 0.15) is 18.1 Å². The maximum atomic E-state index is 9.02. The van der Waals surface area contributed by atoms with Crippen LogP contribution in [0.25, 0.3) is 0 Å². The molecular formula is C13H17NO. The first-order chi connectivity index (χ1) is 7.22. The Morgan fingerprint density at radius 1 is 1.40 bits per heavy atom. The maximum Gasteiger partial charge on any atom is 0.0707 e. The van der Waals surface area contributed by atoms with Gasteiger partial charge < -0.3 is 5.11 Å². The van der Waals surface area contributed by atoms with E-state index in [0.29, 0.717) is 6.54 Å². The van der Waals surface area contributed by atoms with E-state index in [9.17, 15) is 0 Å². The van der Waals surface area contributed by atoms with Crippen LogP contribution >= 0.6 is 0 Å². The minimum absolute atomic E-state index is 0.374. The van der Waals surface area contributed by atoms with Crippen LogP contribution in [0.15, 0.2) is 41.9 Å². The molecule has 80 valence electrons. The van der Waals surface area contributed by atoms with Gasteiger partial charge in [-0.15, -0.1) is 6.58 Å². The quantitative estimate of drug-likeness (QED) is 0.577. The van der Waals surface area contributed by atoms with Crippen LogP contribution in [0.5, 0.6) is 0 Å². The summed E-state index contributed by atoms with van der Waals surface area (Å²) in [6.45, 7) is 5.87. The third-order valence-electron chi connectivity index (χ3n) is 1.97. The zero-order valence-electron chi connectivity index (χ0n) is 9.06. The number of aliphatic imine (C=N–C) groups is 1. The van der Waals surface area contributed by atoms with Gasteiger partial charge in [-0.1, -0.05) is 30.3 Å². The number of aliphatic hydroxyl groups is 1. The zero-order valence-corrected chi connectivity index (χ0v) is 9.06. The van der Waals surface area contributed by atoms with Crippen LogP contribution < -0.4 is 0 Å². The summed E-state index contributed by atoms with van der Waals surface area (Å²) in [4.78, 5) is 4.12. The van der Waals surface area contributed by atoms with E-state index in [4.69, 9.17) is 5.11 Å². The van der Waals surface area contributed by atoms with Gasteiger partial charge in [-0.2, -0.15) is 0 Å². The van der Waals surface area contributed by atoms with Crippen molar-refractivity contribution < 1.29 is 5.11 Å². The molecule has 2 heteroatoms. The summed E-state index contributed by atoms with van der Waals surface area (Å²) in [6, 6.07) is 8.16. The molecule has 0 bridgehead atoms. The molecule has 0 fully saturated rings. The van der Waals surface area contributed by atoms with Crippen molar-refractivity contribution in [3.8, 4) is 0 Å². The SMILES string of the molecule is C=CCc1ccc(C=NCC(C)O)cc1. The molecule has 1 N–H and O–H groups in total. The number of hydrogen-bond donors (Lipinski definition) is 1. The summed E-state index contributed by atoms with van der Waals surface area (Å²) in [6.07, 6.45) is 4.19. The van der Waals surface area contributed by atoms with Gasteiger partial charge >= 0.3 is 0 Å². The van der Waals surface area contributed by atoms with E-state index in [1.165, 1.54) is 5.56 Å². The molecule has 0 heterocycles. The van der Waals surface area contributed by atoms with Crippen LogP contribution in [-0.2, 0) is 6.42 Å². The summed E-state index contributed by atoms with van der Waals surface area (Å²) in [5.74, 6) is 0. The van der Waals surface area contributed by atoms with E-state index in [0.717, 1.165) is 12.0 Å². The number of hydrogen-bond acceptors (Lipinski definition) is 2. The van der Waals surface area contributed by atoms with Crippen molar-refractivity contribution in [1.82, 2.24) is 0 Å². The van der Waals surface area contributed by atoms with Crippen molar-refractivity contribution in [2.24, 2.45) is 4.99 Å². The lowest BCUT2D eigenvalue weighted by molar-refractivity contribution is 0.204. The van der Waals surface area contributed by atoms with E-state index in [-0.39, 0.29) is 6.10 Å². The fourth-order valence-corrected chi connectivity index (χ4v) is 1.22. The van der Waals surface area contributed by atoms with E-state index in [2.05, 4.69) is 23.7 Å². The Hall–Kier alpha value is -1.41. The fourth-order valence-electron chi connectivity index (χ4n) is 1.22. The molecule has 1 aromatic carbocycles. The molecule has 0 saturated carbocycles. The number of nitrogens with zero attached hydrogens (tertiary/aromatic N) is 1. The fraction of sp³-hybridized carbons (Fsp3) is 0.308. The zero-order chi connectivity index (χ0) is 11.1. The highest BCUT2D eigenvalue weighted by atomic mass is 16.3. The van der Waals surface area contributed by atoms with Crippen LogP contribution in [-0.4, -0.2) is 24.0 Å². The molecule has 0 aromatic heterocycles. The number of aliphatic hydroxyl groups excluding tert-OH is 1.